The van der Waals surface area contributed by atoms with Gasteiger partial charge in [-0.3, -0.25) is 0 Å². The lowest BCUT2D eigenvalue weighted by Crippen LogP contribution is -2.12. The molecule has 0 atom stereocenters. The molecule has 8 heavy (non-hydrogen) atoms. The number of rotatable bonds is 2. The highest BCUT2D eigenvalue weighted by Gasteiger charge is 2.21. The molecule has 0 heterocycles. The fourth-order valence-corrected chi connectivity index (χ4v) is 0.717. The number of halogens is 2. The molecule has 0 rings (SSSR count). The number of alkyl halides is 2. The van der Waals surface area contributed by atoms with E-state index in [0.717, 1.165) is 6.92 Å². The highest BCUT2D eigenvalue weighted by Crippen LogP contribution is 2.21. The van der Waals surface area contributed by atoms with E-state index < -0.39 is 5.92 Å². The fourth-order valence-electron chi connectivity index (χ4n) is 0.717. The molecule has 0 unspecified atom stereocenters. The zero-order valence-corrected chi connectivity index (χ0v) is 5.54. The molecule has 50 valence electrons. The zero-order valence-electron chi connectivity index (χ0n) is 5.54. The van der Waals surface area contributed by atoms with Gasteiger partial charge in [-0.25, -0.2) is 8.78 Å². The van der Waals surface area contributed by atoms with Crippen LogP contribution >= 0.6 is 0 Å². The van der Waals surface area contributed by atoms with Crippen molar-refractivity contribution in [2.45, 2.75) is 33.1 Å². The van der Waals surface area contributed by atoms with Crippen LogP contribution in [0, 0.1) is 5.92 Å². The summed E-state index contributed by atoms with van der Waals surface area (Å²) in [5.74, 6) is -2.39. The lowest BCUT2D eigenvalue weighted by atomic mass is 10.1. The van der Waals surface area contributed by atoms with Gasteiger partial charge in [-0.2, -0.15) is 0 Å². The average Bonchev–Trinajstić information content (AvgIpc) is 1.21. The van der Waals surface area contributed by atoms with Gasteiger partial charge in [0.25, 0.3) is 0 Å². The minimum atomic E-state index is -2.48. The largest absolute Gasteiger partial charge is 0.245 e. The first kappa shape index (κ1) is 7.86. The summed E-state index contributed by atoms with van der Waals surface area (Å²) in [4.78, 5) is 0. The van der Waals surface area contributed by atoms with Crippen LogP contribution in [0.15, 0.2) is 0 Å². The molecule has 0 aliphatic rings. The van der Waals surface area contributed by atoms with Gasteiger partial charge in [0.05, 0.1) is 0 Å². The number of hydrogen-bond donors (Lipinski definition) is 0. The average molecular weight is 122 g/mol. The molecule has 0 aliphatic carbocycles. The molecule has 0 fully saturated rings. The van der Waals surface area contributed by atoms with Crippen molar-refractivity contribution in [1.29, 1.82) is 0 Å². The summed E-state index contributed by atoms with van der Waals surface area (Å²) in [6.45, 7) is 4.53. The van der Waals surface area contributed by atoms with Gasteiger partial charge in [-0.1, -0.05) is 13.8 Å². The Balaban J connectivity index is 3.39. The summed E-state index contributed by atoms with van der Waals surface area (Å²) < 4.78 is 23.9. The van der Waals surface area contributed by atoms with Crippen LogP contribution in [0.3, 0.4) is 0 Å². The second kappa shape index (κ2) is 2.42. The standard InChI is InChI=1S/C6H12F2/c1-5(2)4-6(3,7)8/h5H,4H2,1-3H3. The molecule has 0 radical (unpaired) electrons. The van der Waals surface area contributed by atoms with Crippen molar-refractivity contribution in [3.63, 3.8) is 0 Å². The molecule has 0 nitrogen and oxygen atoms in total. The molecule has 0 saturated heterocycles. The predicted octanol–water partition coefficient (Wildman–Crippen LogP) is 2.69. The summed E-state index contributed by atoms with van der Waals surface area (Å²) in [6.07, 6.45) is -0.00694. The zero-order chi connectivity index (χ0) is 6.78. The summed E-state index contributed by atoms with van der Waals surface area (Å²) in [6, 6.07) is 0. The van der Waals surface area contributed by atoms with Gasteiger partial charge in [0, 0.05) is 6.42 Å². The molecule has 0 aromatic rings. The molecule has 0 spiro atoms. The third-order valence-corrected chi connectivity index (χ3v) is 0.767. The molecule has 0 N–H and O–H groups in total. The van der Waals surface area contributed by atoms with Gasteiger partial charge in [0.15, 0.2) is 0 Å². The van der Waals surface area contributed by atoms with Crippen molar-refractivity contribution in [2.24, 2.45) is 5.92 Å². The van der Waals surface area contributed by atoms with E-state index in [1.165, 1.54) is 0 Å². The SMILES string of the molecule is CC(C)CC(C)(F)F. The van der Waals surface area contributed by atoms with Gasteiger partial charge < -0.3 is 0 Å². The van der Waals surface area contributed by atoms with Crippen LogP contribution in [0.4, 0.5) is 8.78 Å². The first-order valence-corrected chi connectivity index (χ1v) is 2.79. The summed E-state index contributed by atoms with van der Waals surface area (Å²) in [5.41, 5.74) is 0. The lowest BCUT2D eigenvalue weighted by Gasteiger charge is -2.11. The van der Waals surface area contributed by atoms with E-state index in [2.05, 4.69) is 0 Å². The maximum absolute atomic E-state index is 12.0. The summed E-state index contributed by atoms with van der Waals surface area (Å²) >= 11 is 0. The van der Waals surface area contributed by atoms with Crippen LogP contribution in [0.25, 0.3) is 0 Å². The summed E-state index contributed by atoms with van der Waals surface area (Å²) in [5, 5.41) is 0. The Kier molecular flexibility index (Phi) is 2.38. The Morgan fingerprint density at radius 2 is 1.75 bits per heavy atom. The molecule has 0 aromatic heterocycles. The minimum Gasteiger partial charge on any atom is -0.207 e. The first-order valence-electron chi connectivity index (χ1n) is 2.79. The van der Waals surface area contributed by atoms with Crippen molar-refractivity contribution in [3.05, 3.63) is 0 Å². The Bertz CT molecular complexity index is 61.4. The van der Waals surface area contributed by atoms with Crippen molar-refractivity contribution >= 4 is 0 Å². The molecule has 0 aliphatic heterocycles. The van der Waals surface area contributed by atoms with Gasteiger partial charge in [0.2, 0.25) is 5.92 Å². The van der Waals surface area contributed by atoms with Gasteiger partial charge >= 0.3 is 0 Å². The highest BCUT2D eigenvalue weighted by molar-refractivity contribution is 4.59. The second-order valence-electron chi connectivity index (χ2n) is 2.67. The van der Waals surface area contributed by atoms with Gasteiger partial charge in [0.1, 0.15) is 0 Å². The normalized spacial score (nSPS) is 12.8. The van der Waals surface area contributed by atoms with E-state index in [-0.39, 0.29) is 12.3 Å². The van der Waals surface area contributed by atoms with E-state index in [1.807, 2.05) is 0 Å². The van der Waals surface area contributed by atoms with Gasteiger partial charge in [-0.05, 0) is 12.8 Å². The maximum Gasteiger partial charge on any atom is 0.245 e. The van der Waals surface area contributed by atoms with Crippen molar-refractivity contribution in [1.82, 2.24) is 0 Å². The van der Waals surface area contributed by atoms with Crippen LogP contribution in [-0.2, 0) is 0 Å². The predicted molar refractivity (Wildman–Crippen MR) is 30.1 cm³/mol. The highest BCUT2D eigenvalue weighted by atomic mass is 19.3. The smallest absolute Gasteiger partial charge is 0.207 e. The minimum absolute atomic E-state index is 0.00694. The first-order chi connectivity index (χ1) is 3.42. The van der Waals surface area contributed by atoms with E-state index in [0.29, 0.717) is 0 Å². The Morgan fingerprint density at radius 1 is 1.38 bits per heavy atom. The third kappa shape index (κ3) is 5.86. The van der Waals surface area contributed by atoms with Crippen LogP contribution in [0.1, 0.15) is 27.2 Å². The molecule has 0 bridgehead atoms. The maximum atomic E-state index is 12.0. The topological polar surface area (TPSA) is 0 Å². The second-order valence-corrected chi connectivity index (χ2v) is 2.67. The third-order valence-electron chi connectivity index (χ3n) is 0.767. The van der Waals surface area contributed by atoms with Crippen LogP contribution in [-0.4, -0.2) is 5.92 Å². The van der Waals surface area contributed by atoms with Crippen molar-refractivity contribution in [2.75, 3.05) is 0 Å². The van der Waals surface area contributed by atoms with E-state index in [1.54, 1.807) is 13.8 Å². The van der Waals surface area contributed by atoms with Crippen molar-refractivity contribution in [3.8, 4) is 0 Å². The fraction of sp³-hybridized carbons (Fsp3) is 1.00. The Labute approximate surface area is 48.9 Å². The lowest BCUT2D eigenvalue weighted by molar-refractivity contribution is 0.000982. The van der Waals surface area contributed by atoms with E-state index in [9.17, 15) is 8.78 Å². The monoisotopic (exact) mass is 122 g/mol. The molecule has 0 amide bonds. The van der Waals surface area contributed by atoms with Crippen LogP contribution < -0.4 is 0 Å². The van der Waals surface area contributed by atoms with E-state index in [4.69, 9.17) is 0 Å². The Morgan fingerprint density at radius 3 is 1.75 bits per heavy atom. The molecular weight excluding hydrogens is 110 g/mol. The Hall–Kier alpha value is -0.140. The van der Waals surface area contributed by atoms with E-state index >= 15 is 0 Å². The molecule has 0 aromatic carbocycles. The number of hydrogen-bond acceptors (Lipinski definition) is 0. The molecule has 2 heteroatoms. The van der Waals surface area contributed by atoms with Crippen LogP contribution in [0.5, 0.6) is 0 Å². The molecular formula is C6H12F2. The van der Waals surface area contributed by atoms with Crippen LogP contribution in [0.2, 0.25) is 0 Å². The summed E-state index contributed by atoms with van der Waals surface area (Å²) in [7, 11) is 0. The molecule has 0 saturated carbocycles. The quantitative estimate of drug-likeness (QED) is 0.528. The van der Waals surface area contributed by atoms with Gasteiger partial charge in [-0.15, -0.1) is 0 Å². The van der Waals surface area contributed by atoms with Crippen molar-refractivity contribution < 1.29 is 8.78 Å².